The first kappa shape index (κ1) is 19.9. The van der Waals surface area contributed by atoms with Crippen molar-refractivity contribution in [1.82, 2.24) is 4.31 Å². The molecule has 1 aliphatic rings. The third-order valence-electron chi connectivity index (χ3n) is 4.82. The molecule has 2 aromatic rings. The highest BCUT2D eigenvalue weighted by Crippen LogP contribution is 2.28. The van der Waals surface area contributed by atoms with Gasteiger partial charge in [0.05, 0.1) is 21.2 Å². The fourth-order valence-electron chi connectivity index (χ4n) is 3.17. The third-order valence-corrected chi connectivity index (χ3v) is 8.51. The van der Waals surface area contributed by atoms with Gasteiger partial charge in [0, 0.05) is 26.2 Å². The number of rotatable bonds is 5. The number of hydrogen-bond acceptors (Lipinski definition) is 5. The lowest BCUT2D eigenvalue weighted by Gasteiger charge is -2.36. The number of piperazine rings is 1. The van der Waals surface area contributed by atoms with Crippen LogP contribution >= 0.6 is 0 Å². The maximum Gasteiger partial charge on any atom is 0.243 e. The summed E-state index contributed by atoms with van der Waals surface area (Å²) < 4.78 is 51.8. The van der Waals surface area contributed by atoms with Crippen molar-refractivity contribution < 1.29 is 16.8 Å². The van der Waals surface area contributed by atoms with Crippen LogP contribution in [-0.2, 0) is 19.9 Å². The van der Waals surface area contributed by atoms with Crippen LogP contribution in [0.3, 0.4) is 0 Å². The summed E-state index contributed by atoms with van der Waals surface area (Å²) >= 11 is 0. The predicted octanol–water partition coefficient (Wildman–Crippen LogP) is 2.30. The van der Waals surface area contributed by atoms with Crippen molar-refractivity contribution in [3.63, 3.8) is 0 Å². The zero-order valence-electron chi connectivity index (χ0n) is 15.5. The normalized spacial score (nSPS) is 16.4. The molecule has 0 atom stereocenters. The van der Waals surface area contributed by atoms with Gasteiger partial charge < -0.3 is 4.90 Å². The lowest BCUT2D eigenvalue weighted by Crippen LogP contribution is -2.49. The molecule has 0 spiro atoms. The Morgan fingerprint density at radius 3 is 2.04 bits per heavy atom. The van der Waals surface area contributed by atoms with Gasteiger partial charge in [0.25, 0.3) is 0 Å². The van der Waals surface area contributed by atoms with Crippen LogP contribution in [0.15, 0.2) is 58.3 Å². The summed E-state index contributed by atoms with van der Waals surface area (Å²) in [6.45, 7) is 5.06. The maximum atomic E-state index is 12.8. The van der Waals surface area contributed by atoms with Crippen LogP contribution < -0.4 is 4.90 Å². The molecule has 0 radical (unpaired) electrons. The minimum atomic E-state index is -3.54. The number of benzene rings is 2. The molecule has 3 rings (SSSR count). The molecule has 1 saturated heterocycles. The van der Waals surface area contributed by atoms with Crippen molar-refractivity contribution in [2.24, 2.45) is 0 Å². The highest BCUT2D eigenvalue weighted by molar-refractivity contribution is 7.91. The molecular formula is C19H24N2O4S2. The SMILES string of the molecule is CCS(=O)(=O)c1ccccc1N1CCN(S(=O)(=O)c2ccc(C)cc2)CC1. The number of para-hydroxylation sites is 1. The summed E-state index contributed by atoms with van der Waals surface area (Å²) in [5.74, 6) is 0.0335. The molecule has 0 aromatic heterocycles. The number of sulfone groups is 1. The molecule has 0 aliphatic carbocycles. The van der Waals surface area contributed by atoms with E-state index in [1.54, 1.807) is 55.5 Å². The second-order valence-corrected chi connectivity index (χ2v) is 10.8. The lowest BCUT2D eigenvalue weighted by atomic mass is 10.2. The molecule has 8 heteroatoms. The molecule has 0 N–H and O–H groups in total. The summed E-state index contributed by atoms with van der Waals surface area (Å²) in [6, 6.07) is 13.7. The van der Waals surface area contributed by atoms with Gasteiger partial charge in [-0.25, -0.2) is 16.8 Å². The van der Waals surface area contributed by atoms with Crippen LogP contribution in [0.1, 0.15) is 12.5 Å². The van der Waals surface area contributed by atoms with E-state index >= 15 is 0 Å². The van der Waals surface area contributed by atoms with Crippen LogP contribution in [0, 0.1) is 6.92 Å². The molecule has 27 heavy (non-hydrogen) atoms. The minimum absolute atomic E-state index is 0.0335. The summed E-state index contributed by atoms with van der Waals surface area (Å²) in [5.41, 5.74) is 1.65. The van der Waals surface area contributed by atoms with Gasteiger partial charge in [-0.3, -0.25) is 0 Å². The van der Waals surface area contributed by atoms with E-state index in [1.807, 2.05) is 11.8 Å². The lowest BCUT2D eigenvalue weighted by molar-refractivity contribution is 0.384. The Hall–Kier alpha value is -1.90. The molecule has 0 saturated carbocycles. The molecule has 146 valence electrons. The molecule has 0 amide bonds. The standard InChI is InChI=1S/C19H24N2O4S2/c1-3-26(22,23)19-7-5-4-6-18(19)20-12-14-21(15-13-20)27(24,25)17-10-8-16(2)9-11-17/h4-11H,3,12-15H2,1-2H3. The number of nitrogens with zero attached hydrogens (tertiary/aromatic N) is 2. The van der Waals surface area contributed by atoms with Crippen molar-refractivity contribution in [2.75, 3.05) is 36.8 Å². The van der Waals surface area contributed by atoms with E-state index in [1.165, 1.54) is 4.31 Å². The van der Waals surface area contributed by atoms with Crippen molar-refractivity contribution >= 4 is 25.5 Å². The van der Waals surface area contributed by atoms with Gasteiger partial charge in [0.2, 0.25) is 10.0 Å². The average Bonchev–Trinajstić information content (AvgIpc) is 2.68. The summed E-state index contributed by atoms with van der Waals surface area (Å²) in [5, 5.41) is 0. The summed E-state index contributed by atoms with van der Waals surface area (Å²) in [4.78, 5) is 2.54. The molecular weight excluding hydrogens is 384 g/mol. The van der Waals surface area contributed by atoms with E-state index < -0.39 is 19.9 Å². The largest absolute Gasteiger partial charge is 0.368 e. The zero-order valence-corrected chi connectivity index (χ0v) is 17.1. The quantitative estimate of drug-likeness (QED) is 0.759. The highest BCUT2D eigenvalue weighted by Gasteiger charge is 2.30. The van der Waals surface area contributed by atoms with E-state index in [0.717, 1.165) is 5.56 Å². The fraction of sp³-hybridized carbons (Fsp3) is 0.368. The van der Waals surface area contributed by atoms with Crippen molar-refractivity contribution in [1.29, 1.82) is 0 Å². The molecule has 2 aromatic carbocycles. The predicted molar refractivity (Wildman–Crippen MR) is 106 cm³/mol. The number of aryl methyl sites for hydroxylation is 1. The van der Waals surface area contributed by atoms with E-state index in [0.29, 0.717) is 36.8 Å². The zero-order chi connectivity index (χ0) is 19.7. The van der Waals surface area contributed by atoms with Crippen LogP contribution in [0.2, 0.25) is 0 Å². The Bertz CT molecular complexity index is 1010. The average molecular weight is 409 g/mol. The van der Waals surface area contributed by atoms with Gasteiger partial charge in [0.1, 0.15) is 0 Å². The van der Waals surface area contributed by atoms with Gasteiger partial charge in [-0.1, -0.05) is 36.8 Å². The summed E-state index contributed by atoms with van der Waals surface area (Å²) in [7, 11) is -6.88. The highest BCUT2D eigenvalue weighted by atomic mass is 32.2. The Labute approximate surface area is 161 Å². The van der Waals surface area contributed by atoms with Crippen LogP contribution in [0.4, 0.5) is 5.69 Å². The molecule has 1 fully saturated rings. The third kappa shape index (κ3) is 4.02. The maximum absolute atomic E-state index is 12.8. The van der Waals surface area contributed by atoms with Gasteiger partial charge >= 0.3 is 0 Å². The van der Waals surface area contributed by atoms with E-state index in [-0.39, 0.29) is 10.6 Å². The number of sulfonamides is 1. The minimum Gasteiger partial charge on any atom is -0.368 e. The monoisotopic (exact) mass is 408 g/mol. The smallest absolute Gasteiger partial charge is 0.243 e. The van der Waals surface area contributed by atoms with Crippen LogP contribution in [0.25, 0.3) is 0 Å². The Balaban J connectivity index is 1.80. The Kier molecular flexibility index (Phi) is 5.60. The molecule has 1 aliphatic heterocycles. The van der Waals surface area contributed by atoms with E-state index in [4.69, 9.17) is 0 Å². The van der Waals surface area contributed by atoms with E-state index in [2.05, 4.69) is 0 Å². The molecule has 0 bridgehead atoms. The van der Waals surface area contributed by atoms with Crippen molar-refractivity contribution in [2.45, 2.75) is 23.6 Å². The van der Waals surface area contributed by atoms with E-state index in [9.17, 15) is 16.8 Å². The second kappa shape index (κ2) is 7.61. The summed E-state index contributed by atoms with van der Waals surface area (Å²) in [6.07, 6.45) is 0. The van der Waals surface area contributed by atoms with Crippen LogP contribution in [0.5, 0.6) is 0 Å². The van der Waals surface area contributed by atoms with Crippen molar-refractivity contribution in [3.05, 3.63) is 54.1 Å². The van der Waals surface area contributed by atoms with Crippen LogP contribution in [-0.4, -0.2) is 53.1 Å². The van der Waals surface area contributed by atoms with Gasteiger partial charge in [-0.15, -0.1) is 0 Å². The second-order valence-electron chi connectivity index (χ2n) is 6.58. The molecule has 1 heterocycles. The first-order valence-corrected chi connectivity index (χ1v) is 12.0. The molecule has 6 nitrogen and oxygen atoms in total. The number of anilines is 1. The first-order chi connectivity index (χ1) is 12.8. The van der Waals surface area contributed by atoms with Gasteiger partial charge in [0.15, 0.2) is 9.84 Å². The topological polar surface area (TPSA) is 74.8 Å². The van der Waals surface area contributed by atoms with Gasteiger partial charge in [-0.05, 0) is 31.2 Å². The Morgan fingerprint density at radius 1 is 0.852 bits per heavy atom. The molecule has 0 unspecified atom stereocenters. The first-order valence-electron chi connectivity index (χ1n) is 8.89. The Morgan fingerprint density at radius 2 is 1.44 bits per heavy atom. The van der Waals surface area contributed by atoms with Crippen molar-refractivity contribution in [3.8, 4) is 0 Å². The van der Waals surface area contributed by atoms with Gasteiger partial charge in [-0.2, -0.15) is 4.31 Å². The fourth-order valence-corrected chi connectivity index (χ4v) is 5.70. The number of hydrogen-bond donors (Lipinski definition) is 0.